The second-order valence-corrected chi connectivity index (χ2v) is 6.24. The summed E-state index contributed by atoms with van der Waals surface area (Å²) in [4.78, 5) is 11.5. The van der Waals surface area contributed by atoms with Gasteiger partial charge in [-0.25, -0.2) is 4.79 Å². The van der Waals surface area contributed by atoms with E-state index in [2.05, 4.69) is 21.6 Å². The Morgan fingerprint density at radius 3 is 2.87 bits per heavy atom. The monoisotopic (exact) mass is 335 g/mol. The molecular weight excluding hydrogens is 314 g/mol. The first-order chi connectivity index (χ1) is 11.1. The summed E-state index contributed by atoms with van der Waals surface area (Å²) in [5.74, 6) is 0.819. The van der Waals surface area contributed by atoms with Crippen LogP contribution < -0.4 is 10.1 Å². The van der Waals surface area contributed by atoms with Crippen LogP contribution in [0.25, 0.3) is 0 Å². The highest BCUT2D eigenvalue weighted by molar-refractivity contribution is 7.15. The van der Waals surface area contributed by atoms with Crippen LogP contribution >= 0.6 is 11.3 Å². The van der Waals surface area contributed by atoms with Crippen molar-refractivity contribution < 1.29 is 14.3 Å². The molecule has 23 heavy (non-hydrogen) atoms. The topological polar surface area (TPSA) is 73.3 Å². The maximum atomic E-state index is 11.5. The number of nitrogens with one attached hydrogen (secondary N) is 1. The quantitative estimate of drug-likeness (QED) is 0.772. The zero-order valence-electron chi connectivity index (χ0n) is 13.6. The lowest BCUT2D eigenvalue weighted by molar-refractivity contribution is 0.160. The number of rotatable bonds is 7. The molecule has 0 aliphatic rings. The first kappa shape index (κ1) is 17.2. The SMILES string of the molecule is CCCCOC(=O)Nc1nnc(COc2ccc(C)cc2C)s1. The van der Waals surface area contributed by atoms with Gasteiger partial charge in [-0.3, -0.25) is 5.32 Å². The molecule has 0 fully saturated rings. The van der Waals surface area contributed by atoms with E-state index in [-0.39, 0.29) is 0 Å². The molecule has 7 heteroatoms. The van der Waals surface area contributed by atoms with Gasteiger partial charge in [-0.15, -0.1) is 10.2 Å². The van der Waals surface area contributed by atoms with Gasteiger partial charge in [-0.05, 0) is 31.9 Å². The normalized spacial score (nSPS) is 10.4. The highest BCUT2D eigenvalue weighted by Crippen LogP contribution is 2.22. The van der Waals surface area contributed by atoms with Crippen molar-refractivity contribution in [3.63, 3.8) is 0 Å². The van der Waals surface area contributed by atoms with Gasteiger partial charge in [0.15, 0.2) is 5.01 Å². The van der Waals surface area contributed by atoms with E-state index in [1.165, 1.54) is 16.9 Å². The Balaban J connectivity index is 1.83. The number of unbranched alkanes of at least 4 members (excludes halogenated alkanes) is 1. The number of hydrogen-bond acceptors (Lipinski definition) is 6. The molecule has 1 heterocycles. The van der Waals surface area contributed by atoms with Crippen LogP contribution in [0.4, 0.5) is 9.93 Å². The van der Waals surface area contributed by atoms with Crippen molar-refractivity contribution >= 4 is 22.6 Å². The fourth-order valence-corrected chi connectivity index (χ4v) is 2.53. The molecule has 0 bridgehead atoms. The maximum Gasteiger partial charge on any atom is 0.413 e. The second-order valence-electron chi connectivity index (χ2n) is 5.17. The van der Waals surface area contributed by atoms with Gasteiger partial charge in [0.05, 0.1) is 6.61 Å². The second kappa shape index (κ2) is 8.47. The minimum absolute atomic E-state index is 0.314. The van der Waals surface area contributed by atoms with E-state index in [0.717, 1.165) is 24.2 Å². The van der Waals surface area contributed by atoms with Crippen LogP contribution in [-0.4, -0.2) is 22.9 Å². The van der Waals surface area contributed by atoms with E-state index >= 15 is 0 Å². The van der Waals surface area contributed by atoms with Gasteiger partial charge in [-0.1, -0.05) is 42.4 Å². The molecule has 1 aromatic carbocycles. The van der Waals surface area contributed by atoms with Crippen molar-refractivity contribution in [3.8, 4) is 5.75 Å². The lowest BCUT2D eigenvalue weighted by atomic mass is 10.1. The Labute approximate surface area is 139 Å². The standard InChI is InChI=1S/C16H21N3O3S/c1-4-5-8-21-16(20)17-15-19-18-14(23-15)10-22-13-7-6-11(2)9-12(13)3/h6-7,9H,4-5,8,10H2,1-3H3,(H,17,19,20). The molecule has 0 atom stereocenters. The molecule has 0 aliphatic heterocycles. The molecule has 0 spiro atoms. The molecule has 0 saturated heterocycles. The molecule has 124 valence electrons. The third-order valence-electron chi connectivity index (χ3n) is 3.09. The number of benzene rings is 1. The van der Waals surface area contributed by atoms with Crippen molar-refractivity contribution in [1.29, 1.82) is 0 Å². The smallest absolute Gasteiger partial charge is 0.413 e. The Hall–Kier alpha value is -2.15. The van der Waals surface area contributed by atoms with E-state index < -0.39 is 6.09 Å². The first-order valence-electron chi connectivity index (χ1n) is 7.54. The van der Waals surface area contributed by atoms with Crippen LogP contribution in [0.5, 0.6) is 5.75 Å². The third-order valence-corrected chi connectivity index (χ3v) is 3.90. The summed E-state index contributed by atoms with van der Waals surface area (Å²) >= 11 is 1.27. The average Bonchev–Trinajstić information content (AvgIpc) is 2.94. The van der Waals surface area contributed by atoms with E-state index in [9.17, 15) is 4.79 Å². The number of carbonyl (C=O) groups is 1. The van der Waals surface area contributed by atoms with Crippen molar-refractivity contribution in [2.24, 2.45) is 0 Å². The summed E-state index contributed by atoms with van der Waals surface area (Å²) in [6, 6.07) is 6.01. The Kier molecular flexibility index (Phi) is 6.34. The van der Waals surface area contributed by atoms with E-state index in [1.54, 1.807) is 0 Å². The van der Waals surface area contributed by atoms with Crippen LogP contribution in [0, 0.1) is 13.8 Å². The van der Waals surface area contributed by atoms with Gasteiger partial charge >= 0.3 is 6.09 Å². The van der Waals surface area contributed by atoms with Crippen LogP contribution in [-0.2, 0) is 11.3 Å². The van der Waals surface area contributed by atoms with Gasteiger partial charge in [0, 0.05) is 0 Å². The number of ether oxygens (including phenoxy) is 2. The zero-order chi connectivity index (χ0) is 16.7. The van der Waals surface area contributed by atoms with Crippen LogP contribution in [0.3, 0.4) is 0 Å². The number of nitrogens with zero attached hydrogens (tertiary/aromatic N) is 2. The molecule has 1 amide bonds. The summed E-state index contributed by atoms with van der Waals surface area (Å²) in [7, 11) is 0. The Morgan fingerprint density at radius 2 is 2.13 bits per heavy atom. The number of hydrogen-bond donors (Lipinski definition) is 1. The molecular formula is C16H21N3O3S. The third kappa shape index (κ3) is 5.52. The summed E-state index contributed by atoms with van der Waals surface area (Å²) in [6.07, 6.45) is 1.32. The molecule has 2 rings (SSSR count). The van der Waals surface area contributed by atoms with Crippen molar-refractivity contribution in [1.82, 2.24) is 10.2 Å². The van der Waals surface area contributed by atoms with Gasteiger partial charge < -0.3 is 9.47 Å². The highest BCUT2D eigenvalue weighted by atomic mass is 32.1. The molecule has 1 aromatic heterocycles. The minimum Gasteiger partial charge on any atom is -0.486 e. The zero-order valence-corrected chi connectivity index (χ0v) is 14.4. The average molecular weight is 335 g/mol. The molecule has 0 unspecified atom stereocenters. The van der Waals surface area contributed by atoms with Crippen molar-refractivity contribution in [2.75, 3.05) is 11.9 Å². The molecule has 0 aliphatic carbocycles. The maximum absolute atomic E-state index is 11.5. The summed E-state index contributed by atoms with van der Waals surface area (Å²) in [6.45, 7) is 6.80. The van der Waals surface area contributed by atoms with E-state index in [1.807, 2.05) is 32.9 Å². The molecule has 6 nitrogen and oxygen atoms in total. The Bertz CT molecular complexity index is 658. The van der Waals surface area contributed by atoms with Gasteiger partial charge in [-0.2, -0.15) is 0 Å². The number of anilines is 1. The predicted molar refractivity (Wildman–Crippen MR) is 90.0 cm³/mol. The largest absolute Gasteiger partial charge is 0.486 e. The lowest BCUT2D eigenvalue weighted by Crippen LogP contribution is -2.14. The number of aromatic nitrogens is 2. The van der Waals surface area contributed by atoms with Crippen LogP contribution in [0.2, 0.25) is 0 Å². The summed E-state index contributed by atoms with van der Waals surface area (Å²) in [5, 5.41) is 11.6. The van der Waals surface area contributed by atoms with E-state index in [0.29, 0.717) is 23.4 Å². The molecule has 0 saturated carbocycles. The van der Waals surface area contributed by atoms with Crippen molar-refractivity contribution in [2.45, 2.75) is 40.2 Å². The summed E-state index contributed by atoms with van der Waals surface area (Å²) < 4.78 is 10.7. The number of aryl methyl sites for hydroxylation is 2. The Morgan fingerprint density at radius 1 is 1.30 bits per heavy atom. The fraction of sp³-hybridized carbons (Fsp3) is 0.438. The lowest BCUT2D eigenvalue weighted by Gasteiger charge is -2.07. The van der Waals surface area contributed by atoms with E-state index in [4.69, 9.17) is 9.47 Å². The number of carbonyl (C=O) groups excluding carboxylic acids is 1. The van der Waals surface area contributed by atoms with Gasteiger partial charge in [0.25, 0.3) is 0 Å². The molecule has 2 aromatic rings. The number of amides is 1. The predicted octanol–water partition coefficient (Wildman–Crippen LogP) is 4.08. The van der Waals surface area contributed by atoms with Gasteiger partial charge in [0.2, 0.25) is 5.13 Å². The molecule has 1 N–H and O–H groups in total. The molecule has 0 radical (unpaired) electrons. The van der Waals surface area contributed by atoms with Crippen molar-refractivity contribution in [3.05, 3.63) is 34.3 Å². The van der Waals surface area contributed by atoms with Crippen LogP contribution in [0.1, 0.15) is 35.9 Å². The van der Waals surface area contributed by atoms with Crippen LogP contribution in [0.15, 0.2) is 18.2 Å². The first-order valence-corrected chi connectivity index (χ1v) is 8.36. The minimum atomic E-state index is -0.503. The van der Waals surface area contributed by atoms with Gasteiger partial charge in [0.1, 0.15) is 12.4 Å². The fourth-order valence-electron chi connectivity index (χ4n) is 1.90. The highest BCUT2D eigenvalue weighted by Gasteiger charge is 2.10. The summed E-state index contributed by atoms with van der Waals surface area (Å²) in [5.41, 5.74) is 2.27.